The van der Waals surface area contributed by atoms with Gasteiger partial charge in [-0.2, -0.15) is 9.97 Å². The van der Waals surface area contributed by atoms with Crippen molar-refractivity contribution in [2.24, 2.45) is 0 Å². The van der Waals surface area contributed by atoms with E-state index in [1.165, 1.54) is 20.3 Å². The van der Waals surface area contributed by atoms with Crippen LogP contribution < -0.4 is 20.1 Å². The first kappa shape index (κ1) is 14.5. The van der Waals surface area contributed by atoms with Crippen LogP contribution >= 0.6 is 0 Å². The number of nitrogens with zero attached hydrogens (tertiary/aromatic N) is 2. The Hall–Kier alpha value is -1.93. The normalized spacial score (nSPS) is 16.1. The first-order valence-electron chi connectivity index (χ1n) is 6.16. The number of ether oxygens (including phenoxy) is 3. The summed E-state index contributed by atoms with van der Waals surface area (Å²) in [7, 11) is 2.95. The summed E-state index contributed by atoms with van der Waals surface area (Å²) in [5.41, 5.74) is -0.274. The first-order chi connectivity index (χ1) is 9.54. The summed E-state index contributed by atoms with van der Waals surface area (Å²) in [6.45, 7) is 3.37. The topological polar surface area (TPSA) is 94.6 Å². The predicted octanol–water partition coefficient (Wildman–Crippen LogP) is -0.189. The molecule has 0 unspecified atom stereocenters. The van der Waals surface area contributed by atoms with Crippen LogP contribution in [0.15, 0.2) is 6.07 Å². The third-order valence-corrected chi connectivity index (χ3v) is 2.90. The molecule has 0 saturated carbocycles. The van der Waals surface area contributed by atoms with Gasteiger partial charge in [0.1, 0.15) is 6.61 Å². The van der Waals surface area contributed by atoms with Gasteiger partial charge in [0, 0.05) is 13.1 Å². The van der Waals surface area contributed by atoms with E-state index in [-0.39, 0.29) is 24.1 Å². The van der Waals surface area contributed by atoms with Crippen molar-refractivity contribution in [3.05, 3.63) is 6.07 Å². The number of aromatic nitrogens is 2. The standard InChI is InChI=1S/C12H18N4O4/c1-12(6-13-7-12)20-5-8(17)14-11-15-9(18-2)4-10(16-11)19-3/h4,13H,5-7H2,1-3H3,(H,14,15,16,17). The molecule has 8 nitrogen and oxygen atoms in total. The summed E-state index contributed by atoms with van der Waals surface area (Å²) in [6.07, 6.45) is 0. The molecule has 110 valence electrons. The average Bonchev–Trinajstić information content (AvgIpc) is 2.42. The Bertz CT molecular complexity index is 468. The lowest BCUT2D eigenvalue weighted by Crippen LogP contribution is -2.59. The molecule has 8 heteroatoms. The van der Waals surface area contributed by atoms with Crippen LogP contribution in [0.2, 0.25) is 0 Å². The Morgan fingerprint density at radius 3 is 2.40 bits per heavy atom. The van der Waals surface area contributed by atoms with Gasteiger partial charge >= 0.3 is 0 Å². The fraction of sp³-hybridized carbons (Fsp3) is 0.583. The minimum absolute atomic E-state index is 0.0545. The molecule has 0 atom stereocenters. The van der Waals surface area contributed by atoms with Gasteiger partial charge in [-0.25, -0.2) is 0 Å². The summed E-state index contributed by atoms with van der Waals surface area (Å²) < 4.78 is 15.5. The Balaban J connectivity index is 1.92. The van der Waals surface area contributed by atoms with Gasteiger partial charge in [0.15, 0.2) is 0 Å². The van der Waals surface area contributed by atoms with Crippen molar-refractivity contribution in [2.75, 3.05) is 39.2 Å². The van der Waals surface area contributed by atoms with E-state index in [0.717, 1.165) is 13.1 Å². The van der Waals surface area contributed by atoms with Gasteiger partial charge in [-0.3, -0.25) is 10.1 Å². The van der Waals surface area contributed by atoms with Crippen LogP contribution in [0.1, 0.15) is 6.92 Å². The third kappa shape index (κ3) is 3.55. The molecule has 2 N–H and O–H groups in total. The van der Waals surface area contributed by atoms with Gasteiger partial charge in [0.2, 0.25) is 17.7 Å². The fourth-order valence-electron chi connectivity index (χ4n) is 1.65. The Kier molecular flexibility index (Phi) is 4.35. The van der Waals surface area contributed by atoms with Gasteiger partial charge in [-0.1, -0.05) is 0 Å². The van der Waals surface area contributed by atoms with Gasteiger partial charge in [0.25, 0.3) is 5.91 Å². The lowest BCUT2D eigenvalue weighted by Gasteiger charge is -2.38. The molecule has 0 spiro atoms. The fourth-order valence-corrected chi connectivity index (χ4v) is 1.65. The van der Waals surface area contributed by atoms with E-state index in [4.69, 9.17) is 14.2 Å². The molecule has 20 heavy (non-hydrogen) atoms. The quantitative estimate of drug-likeness (QED) is 0.746. The Labute approximate surface area is 116 Å². The maximum Gasteiger partial charge on any atom is 0.252 e. The number of carbonyl (C=O) groups is 1. The Morgan fingerprint density at radius 2 is 1.95 bits per heavy atom. The molecule has 1 fully saturated rings. The first-order valence-corrected chi connectivity index (χ1v) is 6.16. The van der Waals surface area contributed by atoms with Crippen molar-refractivity contribution in [2.45, 2.75) is 12.5 Å². The molecule has 0 bridgehead atoms. The van der Waals surface area contributed by atoms with Crippen molar-refractivity contribution >= 4 is 11.9 Å². The number of carbonyl (C=O) groups excluding carboxylic acids is 1. The minimum atomic E-state index is -0.326. The van der Waals surface area contributed by atoms with E-state index in [1.807, 2.05) is 6.92 Å². The summed E-state index contributed by atoms with van der Waals surface area (Å²) >= 11 is 0. The molecule has 1 saturated heterocycles. The highest BCUT2D eigenvalue weighted by molar-refractivity contribution is 5.90. The van der Waals surface area contributed by atoms with Gasteiger partial charge in [0.05, 0.1) is 25.9 Å². The molecular weight excluding hydrogens is 264 g/mol. The molecule has 2 rings (SSSR count). The molecule has 1 aliphatic rings. The second kappa shape index (κ2) is 6.02. The highest BCUT2D eigenvalue weighted by Crippen LogP contribution is 2.18. The van der Waals surface area contributed by atoms with Crippen molar-refractivity contribution < 1.29 is 19.0 Å². The van der Waals surface area contributed by atoms with E-state index in [1.54, 1.807) is 0 Å². The number of rotatable bonds is 6. The number of hydrogen-bond acceptors (Lipinski definition) is 7. The predicted molar refractivity (Wildman–Crippen MR) is 71.0 cm³/mol. The lowest BCUT2D eigenvalue weighted by atomic mass is 10.0. The van der Waals surface area contributed by atoms with E-state index in [0.29, 0.717) is 11.8 Å². The van der Waals surface area contributed by atoms with Crippen LogP contribution in [-0.4, -0.2) is 55.4 Å². The maximum atomic E-state index is 11.8. The number of methoxy groups -OCH3 is 2. The largest absolute Gasteiger partial charge is 0.481 e. The van der Waals surface area contributed by atoms with Gasteiger partial charge in [-0.05, 0) is 6.92 Å². The van der Waals surface area contributed by atoms with Crippen molar-refractivity contribution in [1.82, 2.24) is 15.3 Å². The summed E-state index contributed by atoms with van der Waals surface area (Å²) in [4.78, 5) is 19.8. The monoisotopic (exact) mass is 282 g/mol. The zero-order chi connectivity index (χ0) is 14.6. The number of hydrogen-bond donors (Lipinski definition) is 2. The summed E-state index contributed by atoms with van der Waals surface area (Å²) in [5.74, 6) is 0.409. The van der Waals surface area contributed by atoms with Crippen molar-refractivity contribution in [3.63, 3.8) is 0 Å². The molecule has 1 amide bonds. The summed E-state index contributed by atoms with van der Waals surface area (Å²) in [6, 6.07) is 1.52. The molecule has 1 aromatic rings. The van der Waals surface area contributed by atoms with Gasteiger partial charge in [-0.15, -0.1) is 0 Å². The van der Waals surface area contributed by atoms with Crippen LogP contribution in [-0.2, 0) is 9.53 Å². The molecule has 2 heterocycles. The van der Waals surface area contributed by atoms with Crippen LogP contribution in [0.25, 0.3) is 0 Å². The molecule has 0 aliphatic carbocycles. The number of amides is 1. The van der Waals surface area contributed by atoms with Gasteiger partial charge < -0.3 is 19.5 Å². The van der Waals surface area contributed by atoms with E-state index in [9.17, 15) is 4.79 Å². The van der Waals surface area contributed by atoms with Crippen LogP contribution in [0.3, 0.4) is 0 Å². The molecular formula is C12H18N4O4. The third-order valence-electron chi connectivity index (χ3n) is 2.90. The molecule has 0 aromatic carbocycles. The second-order valence-corrected chi connectivity index (χ2v) is 4.67. The molecule has 0 radical (unpaired) electrons. The smallest absolute Gasteiger partial charge is 0.252 e. The van der Waals surface area contributed by atoms with E-state index < -0.39 is 0 Å². The minimum Gasteiger partial charge on any atom is -0.481 e. The van der Waals surface area contributed by atoms with E-state index >= 15 is 0 Å². The van der Waals surface area contributed by atoms with E-state index in [2.05, 4.69) is 20.6 Å². The number of anilines is 1. The van der Waals surface area contributed by atoms with Crippen molar-refractivity contribution in [3.8, 4) is 11.8 Å². The second-order valence-electron chi connectivity index (χ2n) is 4.67. The maximum absolute atomic E-state index is 11.8. The molecule has 1 aliphatic heterocycles. The summed E-state index contributed by atoms with van der Waals surface area (Å²) in [5, 5.41) is 5.64. The highest BCUT2D eigenvalue weighted by atomic mass is 16.5. The average molecular weight is 282 g/mol. The highest BCUT2D eigenvalue weighted by Gasteiger charge is 2.33. The number of nitrogens with one attached hydrogen (secondary N) is 2. The van der Waals surface area contributed by atoms with Crippen molar-refractivity contribution in [1.29, 1.82) is 0 Å². The molecule has 1 aromatic heterocycles. The Morgan fingerprint density at radius 1 is 1.35 bits per heavy atom. The lowest BCUT2D eigenvalue weighted by molar-refractivity contribution is -0.130. The SMILES string of the molecule is COc1cc(OC)nc(NC(=O)COC2(C)CNC2)n1. The van der Waals surface area contributed by atoms with Crippen LogP contribution in [0.5, 0.6) is 11.8 Å². The van der Waals surface area contributed by atoms with Crippen LogP contribution in [0.4, 0.5) is 5.95 Å². The zero-order valence-electron chi connectivity index (χ0n) is 11.7. The van der Waals surface area contributed by atoms with Crippen LogP contribution in [0, 0.1) is 0 Å². The zero-order valence-corrected chi connectivity index (χ0v) is 11.7.